The van der Waals surface area contributed by atoms with Crippen molar-refractivity contribution in [3.8, 4) is 11.4 Å². The summed E-state index contributed by atoms with van der Waals surface area (Å²) in [5, 5.41) is 14.1. The van der Waals surface area contributed by atoms with Gasteiger partial charge in [0.15, 0.2) is 0 Å². The van der Waals surface area contributed by atoms with Gasteiger partial charge < -0.3 is 9.84 Å². The summed E-state index contributed by atoms with van der Waals surface area (Å²) in [5.74, 6) is -0.407. The zero-order valence-corrected chi connectivity index (χ0v) is 18.5. The molecule has 2 aromatic heterocycles. The van der Waals surface area contributed by atoms with Gasteiger partial charge in [0.05, 0.1) is 29.7 Å². The average Bonchev–Trinajstić information content (AvgIpc) is 3.34. The summed E-state index contributed by atoms with van der Waals surface area (Å²) in [7, 11) is -4.00. The van der Waals surface area contributed by atoms with Crippen molar-refractivity contribution in [1.29, 1.82) is 0 Å². The van der Waals surface area contributed by atoms with Gasteiger partial charge in [0.1, 0.15) is 10.6 Å². The van der Waals surface area contributed by atoms with E-state index in [4.69, 9.17) is 9.84 Å². The fourth-order valence-corrected chi connectivity index (χ4v) is 5.25. The fraction of sp³-hybridized carbons (Fsp3) is 0.217. The molecule has 9 heteroatoms. The summed E-state index contributed by atoms with van der Waals surface area (Å²) < 4.78 is 35.7. The molecule has 0 saturated heterocycles. The molecule has 8 nitrogen and oxygen atoms in total. The molecular weight excluding hydrogens is 430 g/mol. The summed E-state index contributed by atoms with van der Waals surface area (Å²) in [6.45, 7) is 3.99. The van der Waals surface area contributed by atoms with Crippen molar-refractivity contribution in [2.24, 2.45) is 0 Å². The highest BCUT2D eigenvalue weighted by atomic mass is 32.2. The van der Waals surface area contributed by atoms with Crippen LogP contribution >= 0.6 is 0 Å². The number of para-hydroxylation sites is 1. The molecule has 0 aliphatic carbocycles. The van der Waals surface area contributed by atoms with Crippen molar-refractivity contribution in [1.82, 2.24) is 13.8 Å². The Morgan fingerprint density at radius 1 is 1.16 bits per heavy atom. The summed E-state index contributed by atoms with van der Waals surface area (Å²) in [6, 6.07) is 14.5. The molecule has 32 heavy (non-hydrogen) atoms. The zero-order chi connectivity index (χ0) is 22.9. The number of aryl methyl sites for hydroxylation is 1. The van der Waals surface area contributed by atoms with Crippen LogP contribution < -0.4 is 4.74 Å². The van der Waals surface area contributed by atoms with Crippen LogP contribution in [-0.2, 0) is 21.2 Å². The zero-order valence-electron chi connectivity index (χ0n) is 17.7. The second-order valence-corrected chi connectivity index (χ2v) is 9.09. The molecule has 0 aliphatic heterocycles. The second kappa shape index (κ2) is 8.51. The molecule has 0 atom stereocenters. The number of ether oxygens (including phenoxy) is 1. The summed E-state index contributed by atoms with van der Waals surface area (Å²) in [4.78, 5) is 11.2. The maximum absolute atomic E-state index is 13.7. The fourth-order valence-electron chi connectivity index (χ4n) is 3.73. The molecule has 0 fully saturated rings. The van der Waals surface area contributed by atoms with Crippen molar-refractivity contribution in [2.45, 2.75) is 31.6 Å². The predicted octanol–water partition coefficient (Wildman–Crippen LogP) is 3.79. The molecule has 0 amide bonds. The van der Waals surface area contributed by atoms with Crippen LogP contribution in [0.15, 0.2) is 65.8 Å². The van der Waals surface area contributed by atoms with Crippen molar-refractivity contribution in [3.05, 3.63) is 72.2 Å². The molecule has 4 aromatic rings. The number of carboxylic acids is 1. The summed E-state index contributed by atoms with van der Waals surface area (Å²) in [5.41, 5.74) is 2.31. The SMILES string of the molecule is CCOc1ccc2c(CCC(=O)O)cn(S(=O)(=O)c3cnn(-c4ccccc4)c3C)c2c1. The first-order valence-corrected chi connectivity index (χ1v) is 11.6. The van der Waals surface area contributed by atoms with E-state index < -0.39 is 16.0 Å². The Balaban J connectivity index is 1.87. The van der Waals surface area contributed by atoms with Gasteiger partial charge in [-0.2, -0.15) is 5.10 Å². The Bertz CT molecular complexity index is 1390. The van der Waals surface area contributed by atoms with Crippen molar-refractivity contribution in [3.63, 3.8) is 0 Å². The van der Waals surface area contributed by atoms with Crippen molar-refractivity contribution in [2.75, 3.05) is 6.61 Å². The van der Waals surface area contributed by atoms with Gasteiger partial charge >= 0.3 is 5.97 Å². The number of carbonyl (C=O) groups is 1. The first-order chi connectivity index (χ1) is 15.3. The minimum Gasteiger partial charge on any atom is -0.494 e. The molecule has 0 bridgehead atoms. The average molecular weight is 454 g/mol. The van der Waals surface area contributed by atoms with Gasteiger partial charge in [-0.3, -0.25) is 4.79 Å². The van der Waals surface area contributed by atoms with Crippen LogP contribution in [0.3, 0.4) is 0 Å². The molecule has 0 radical (unpaired) electrons. The van der Waals surface area contributed by atoms with Crippen molar-refractivity contribution < 1.29 is 23.1 Å². The number of aromatic nitrogens is 3. The van der Waals surface area contributed by atoms with E-state index in [-0.39, 0.29) is 17.7 Å². The van der Waals surface area contributed by atoms with E-state index >= 15 is 0 Å². The Hall–Kier alpha value is -3.59. The van der Waals surface area contributed by atoms with Crippen molar-refractivity contribution >= 4 is 26.9 Å². The standard InChI is InChI=1S/C23H23N3O5S/c1-3-31-19-10-11-20-17(9-12-23(27)28)15-25(21(20)13-19)32(29,30)22-14-24-26(16(22)2)18-7-5-4-6-8-18/h4-8,10-11,13-15H,3,9,12H2,1-2H3,(H,27,28). The number of nitrogens with zero attached hydrogens (tertiary/aromatic N) is 3. The lowest BCUT2D eigenvalue weighted by Crippen LogP contribution is -2.13. The number of carboxylic acid groups (broad SMARTS) is 1. The number of fused-ring (bicyclic) bond motifs is 1. The number of benzene rings is 2. The van der Waals surface area contributed by atoms with Crippen LogP contribution in [0.5, 0.6) is 5.75 Å². The van der Waals surface area contributed by atoms with E-state index in [0.29, 0.717) is 34.5 Å². The topological polar surface area (TPSA) is 103 Å². The molecule has 2 aromatic carbocycles. The van der Waals surface area contributed by atoms with E-state index in [1.807, 2.05) is 37.3 Å². The van der Waals surface area contributed by atoms with E-state index in [9.17, 15) is 13.2 Å². The lowest BCUT2D eigenvalue weighted by molar-refractivity contribution is -0.136. The first kappa shape index (κ1) is 21.6. The van der Waals surface area contributed by atoms with Crippen LogP contribution in [0.25, 0.3) is 16.6 Å². The molecule has 0 aliphatic rings. The van der Waals surface area contributed by atoms with Crippen LogP contribution in [0, 0.1) is 6.92 Å². The largest absolute Gasteiger partial charge is 0.494 e. The highest BCUT2D eigenvalue weighted by molar-refractivity contribution is 7.90. The molecule has 0 saturated carbocycles. The minimum atomic E-state index is -4.00. The van der Waals surface area contributed by atoms with E-state index in [1.54, 1.807) is 29.8 Å². The monoisotopic (exact) mass is 453 g/mol. The van der Waals surface area contributed by atoms with Crippen LogP contribution in [0.2, 0.25) is 0 Å². The van der Waals surface area contributed by atoms with E-state index in [2.05, 4.69) is 5.10 Å². The minimum absolute atomic E-state index is 0.0739. The number of rotatable bonds is 8. The third-order valence-electron chi connectivity index (χ3n) is 5.25. The maximum Gasteiger partial charge on any atom is 0.303 e. The highest BCUT2D eigenvalue weighted by Crippen LogP contribution is 2.31. The molecule has 0 unspecified atom stereocenters. The third-order valence-corrected chi connectivity index (χ3v) is 7.02. The first-order valence-electron chi connectivity index (χ1n) is 10.2. The number of hydrogen-bond acceptors (Lipinski definition) is 5. The van der Waals surface area contributed by atoms with E-state index in [1.165, 1.54) is 16.4 Å². The van der Waals surface area contributed by atoms with Gasteiger partial charge in [-0.1, -0.05) is 18.2 Å². The van der Waals surface area contributed by atoms with Gasteiger partial charge in [-0.05, 0) is 50.1 Å². The quantitative estimate of drug-likeness (QED) is 0.435. The lowest BCUT2D eigenvalue weighted by atomic mass is 10.1. The van der Waals surface area contributed by atoms with Crippen LogP contribution in [0.1, 0.15) is 24.6 Å². The Morgan fingerprint density at radius 2 is 1.91 bits per heavy atom. The summed E-state index contributed by atoms with van der Waals surface area (Å²) in [6.07, 6.45) is 2.95. The normalized spacial score (nSPS) is 11.7. The van der Waals surface area contributed by atoms with Crippen LogP contribution in [-0.4, -0.2) is 39.9 Å². The molecule has 166 valence electrons. The molecular formula is C23H23N3O5S. The Morgan fingerprint density at radius 3 is 2.59 bits per heavy atom. The van der Waals surface area contributed by atoms with Gasteiger partial charge in [0.25, 0.3) is 10.0 Å². The number of hydrogen-bond donors (Lipinski definition) is 1. The van der Waals surface area contributed by atoms with Gasteiger partial charge in [-0.25, -0.2) is 17.1 Å². The lowest BCUT2D eigenvalue weighted by Gasteiger charge is -2.09. The second-order valence-electron chi connectivity index (χ2n) is 7.30. The predicted molar refractivity (Wildman–Crippen MR) is 120 cm³/mol. The Kier molecular flexibility index (Phi) is 5.75. The third kappa shape index (κ3) is 3.87. The molecule has 2 heterocycles. The Labute approximate surface area is 185 Å². The molecule has 0 spiro atoms. The van der Waals surface area contributed by atoms with E-state index in [0.717, 1.165) is 5.69 Å². The van der Waals surface area contributed by atoms with Crippen LogP contribution in [0.4, 0.5) is 0 Å². The molecule has 1 N–H and O–H groups in total. The maximum atomic E-state index is 13.7. The smallest absolute Gasteiger partial charge is 0.303 e. The van der Waals surface area contributed by atoms with Gasteiger partial charge in [-0.15, -0.1) is 0 Å². The molecule has 4 rings (SSSR count). The highest BCUT2D eigenvalue weighted by Gasteiger charge is 2.26. The van der Waals surface area contributed by atoms with Gasteiger partial charge in [0.2, 0.25) is 0 Å². The summed E-state index contributed by atoms with van der Waals surface area (Å²) >= 11 is 0. The van der Waals surface area contributed by atoms with Gasteiger partial charge in [0, 0.05) is 24.1 Å². The number of aliphatic carboxylic acids is 1.